The summed E-state index contributed by atoms with van der Waals surface area (Å²) in [5.41, 5.74) is 13.0. The van der Waals surface area contributed by atoms with Gasteiger partial charge in [0, 0.05) is 37.1 Å². The standard InChI is InChI=1S/C53H34N2OS/c1-4-13-35(14-5-1)37-25-27-42(28-26-37)55(43-29-30-44(38-16-6-2-7-17-38)45(32-43)41-24-23-36-15-10-11-20-40(36)31-41)48-21-12-22-50-52(48)46-33-49-47(34-51(46)57-50)54-53(56-49)39-18-8-3-9-19-39/h1-34H. The van der Waals surface area contributed by atoms with Crippen molar-refractivity contribution >= 4 is 70.4 Å². The van der Waals surface area contributed by atoms with E-state index < -0.39 is 0 Å². The average molecular weight is 747 g/mol. The van der Waals surface area contributed by atoms with Crippen molar-refractivity contribution < 1.29 is 4.42 Å². The molecular weight excluding hydrogens is 713 g/mol. The average Bonchev–Trinajstić information content (AvgIpc) is 3.87. The molecule has 0 aliphatic heterocycles. The lowest BCUT2D eigenvalue weighted by Gasteiger charge is -2.28. The molecule has 3 nitrogen and oxygen atoms in total. The third-order valence-electron chi connectivity index (χ3n) is 10.9. The summed E-state index contributed by atoms with van der Waals surface area (Å²) in [6.45, 7) is 0. The fourth-order valence-corrected chi connectivity index (χ4v) is 9.26. The summed E-state index contributed by atoms with van der Waals surface area (Å²) in [4.78, 5) is 7.33. The monoisotopic (exact) mass is 746 g/mol. The second-order valence-electron chi connectivity index (χ2n) is 14.4. The van der Waals surface area contributed by atoms with E-state index in [1.54, 1.807) is 11.3 Å². The molecule has 0 saturated carbocycles. The van der Waals surface area contributed by atoms with Crippen LogP contribution >= 0.6 is 11.3 Å². The Balaban J connectivity index is 1.14. The maximum Gasteiger partial charge on any atom is 0.227 e. The van der Waals surface area contributed by atoms with Crippen LogP contribution in [0.4, 0.5) is 17.1 Å². The zero-order valence-corrected chi connectivity index (χ0v) is 31.7. The molecule has 11 rings (SSSR count). The summed E-state index contributed by atoms with van der Waals surface area (Å²) in [7, 11) is 0. The Labute approximate surface area is 334 Å². The topological polar surface area (TPSA) is 29.3 Å². The molecule has 0 N–H and O–H groups in total. The first-order chi connectivity index (χ1) is 28.2. The number of oxazole rings is 1. The lowest BCUT2D eigenvalue weighted by atomic mass is 9.92. The van der Waals surface area contributed by atoms with E-state index in [-0.39, 0.29) is 0 Å². The number of hydrogen-bond acceptors (Lipinski definition) is 4. The fraction of sp³-hybridized carbons (Fsp3) is 0. The molecule has 9 aromatic carbocycles. The molecule has 0 spiro atoms. The third kappa shape index (κ3) is 5.95. The first-order valence-electron chi connectivity index (χ1n) is 19.2. The van der Waals surface area contributed by atoms with Gasteiger partial charge in [-0.25, -0.2) is 4.98 Å². The first kappa shape index (κ1) is 33.1. The van der Waals surface area contributed by atoms with Crippen molar-refractivity contribution in [1.29, 1.82) is 0 Å². The van der Waals surface area contributed by atoms with E-state index in [0.29, 0.717) is 5.89 Å². The van der Waals surface area contributed by atoms with E-state index in [9.17, 15) is 0 Å². The molecule has 0 radical (unpaired) electrons. The van der Waals surface area contributed by atoms with E-state index in [1.807, 2.05) is 30.3 Å². The molecule has 0 unspecified atom stereocenters. The van der Waals surface area contributed by atoms with E-state index in [0.717, 1.165) is 39.1 Å². The molecule has 0 bridgehead atoms. The van der Waals surface area contributed by atoms with Crippen molar-refractivity contribution in [3.63, 3.8) is 0 Å². The SMILES string of the molecule is c1ccc(-c2ccc(N(c3ccc(-c4ccccc4)c(-c4ccc5ccccc5c4)c3)c3cccc4sc5cc6nc(-c7ccccc7)oc6cc5c34)cc2)cc1. The molecule has 0 aliphatic rings. The number of nitrogens with zero attached hydrogens (tertiary/aromatic N) is 2. The van der Waals surface area contributed by atoms with Crippen LogP contribution in [-0.4, -0.2) is 4.98 Å². The van der Waals surface area contributed by atoms with Gasteiger partial charge in [-0.05, 0) is 111 Å². The van der Waals surface area contributed by atoms with Crippen LogP contribution in [0.1, 0.15) is 0 Å². The van der Waals surface area contributed by atoms with Gasteiger partial charge in [-0.2, -0.15) is 0 Å². The summed E-state index contributed by atoms with van der Waals surface area (Å²) in [6.07, 6.45) is 0. The van der Waals surface area contributed by atoms with Gasteiger partial charge in [0.25, 0.3) is 0 Å². The number of hydrogen-bond donors (Lipinski definition) is 0. The normalized spacial score (nSPS) is 11.5. The predicted octanol–water partition coefficient (Wildman–Crippen LogP) is 15.5. The lowest BCUT2D eigenvalue weighted by molar-refractivity contribution is 0.620. The Hall–Kier alpha value is -7.27. The summed E-state index contributed by atoms with van der Waals surface area (Å²) >= 11 is 1.80. The van der Waals surface area contributed by atoms with Crippen LogP contribution in [0.2, 0.25) is 0 Å². The van der Waals surface area contributed by atoms with Crippen molar-refractivity contribution in [3.05, 3.63) is 206 Å². The molecule has 0 aliphatic carbocycles. The highest BCUT2D eigenvalue weighted by Crippen LogP contribution is 2.48. The van der Waals surface area contributed by atoms with E-state index in [4.69, 9.17) is 9.40 Å². The van der Waals surface area contributed by atoms with Gasteiger partial charge in [0.1, 0.15) is 5.52 Å². The Morgan fingerprint density at radius 3 is 1.84 bits per heavy atom. The smallest absolute Gasteiger partial charge is 0.227 e. The second-order valence-corrected chi connectivity index (χ2v) is 15.4. The molecule has 268 valence electrons. The molecule has 0 amide bonds. The van der Waals surface area contributed by atoms with Crippen molar-refractivity contribution in [3.8, 4) is 44.8 Å². The van der Waals surface area contributed by atoms with E-state index >= 15 is 0 Å². The molecule has 0 saturated heterocycles. The minimum Gasteiger partial charge on any atom is -0.436 e. The molecule has 11 aromatic rings. The van der Waals surface area contributed by atoms with Gasteiger partial charge >= 0.3 is 0 Å². The highest BCUT2D eigenvalue weighted by atomic mass is 32.1. The number of aromatic nitrogens is 1. The van der Waals surface area contributed by atoms with Crippen molar-refractivity contribution in [2.45, 2.75) is 0 Å². The minimum absolute atomic E-state index is 0.632. The van der Waals surface area contributed by atoms with Crippen LogP contribution < -0.4 is 4.90 Å². The van der Waals surface area contributed by atoms with E-state index in [2.05, 4.69) is 181 Å². The summed E-state index contributed by atoms with van der Waals surface area (Å²) in [6, 6.07) is 73.7. The number of benzene rings is 9. The maximum atomic E-state index is 6.44. The predicted molar refractivity (Wildman–Crippen MR) is 241 cm³/mol. The van der Waals surface area contributed by atoms with Crippen molar-refractivity contribution in [1.82, 2.24) is 4.98 Å². The molecule has 4 heteroatoms. The minimum atomic E-state index is 0.632. The van der Waals surface area contributed by atoms with Crippen LogP contribution in [-0.2, 0) is 0 Å². The van der Waals surface area contributed by atoms with Crippen molar-refractivity contribution in [2.24, 2.45) is 0 Å². The highest BCUT2D eigenvalue weighted by Gasteiger charge is 2.22. The Bertz CT molecular complexity index is 3220. The van der Waals surface area contributed by atoms with Crippen LogP contribution in [0.15, 0.2) is 211 Å². The number of rotatable bonds is 7. The summed E-state index contributed by atoms with van der Waals surface area (Å²) in [5.74, 6) is 0.632. The highest BCUT2D eigenvalue weighted by molar-refractivity contribution is 7.26. The Kier molecular flexibility index (Phi) is 8.01. The van der Waals surface area contributed by atoms with E-state index in [1.165, 1.54) is 58.9 Å². The van der Waals surface area contributed by atoms with Crippen LogP contribution in [0.5, 0.6) is 0 Å². The van der Waals surface area contributed by atoms with Gasteiger partial charge in [-0.1, -0.05) is 140 Å². The Morgan fingerprint density at radius 1 is 0.421 bits per heavy atom. The van der Waals surface area contributed by atoms with Gasteiger partial charge in [0.2, 0.25) is 5.89 Å². The van der Waals surface area contributed by atoms with Gasteiger partial charge in [-0.3, -0.25) is 0 Å². The number of thiophene rings is 1. The molecule has 0 atom stereocenters. The summed E-state index contributed by atoms with van der Waals surface area (Å²) in [5, 5.41) is 4.78. The Morgan fingerprint density at radius 2 is 1.07 bits per heavy atom. The maximum absolute atomic E-state index is 6.44. The van der Waals surface area contributed by atoms with Gasteiger partial charge in [0.15, 0.2) is 5.58 Å². The fourth-order valence-electron chi connectivity index (χ4n) is 8.12. The summed E-state index contributed by atoms with van der Waals surface area (Å²) < 4.78 is 8.82. The quantitative estimate of drug-likeness (QED) is 0.163. The van der Waals surface area contributed by atoms with Crippen molar-refractivity contribution in [2.75, 3.05) is 4.90 Å². The molecule has 57 heavy (non-hydrogen) atoms. The largest absolute Gasteiger partial charge is 0.436 e. The lowest BCUT2D eigenvalue weighted by Crippen LogP contribution is -2.10. The third-order valence-corrected chi connectivity index (χ3v) is 12.0. The zero-order valence-electron chi connectivity index (χ0n) is 30.8. The van der Waals surface area contributed by atoms with Crippen LogP contribution in [0.25, 0.3) is 86.9 Å². The number of anilines is 3. The number of fused-ring (bicyclic) bond motifs is 5. The van der Waals surface area contributed by atoms with Gasteiger partial charge in [0.05, 0.1) is 5.69 Å². The van der Waals surface area contributed by atoms with Gasteiger partial charge in [-0.15, -0.1) is 11.3 Å². The molecule has 2 heterocycles. The van der Waals surface area contributed by atoms with Gasteiger partial charge < -0.3 is 9.32 Å². The van der Waals surface area contributed by atoms with Crippen LogP contribution in [0, 0.1) is 0 Å². The second kappa shape index (κ2) is 13.8. The zero-order chi connectivity index (χ0) is 37.7. The molecule has 2 aromatic heterocycles. The molecular formula is C53H34N2OS. The first-order valence-corrected chi connectivity index (χ1v) is 20.0. The van der Waals surface area contributed by atoms with Crippen LogP contribution in [0.3, 0.4) is 0 Å². The molecule has 0 fully saturated rings.